The lowest BCUT2D eigenvalue weighted by Crippen LogP contribution is -2.31. The fourth-order valence-corrected chi connectivity index (χ4v) is 2.70. The van der Waals surface area contributed by atoms with E-state index in [4.69, 9.17) is 22.5 Å². The quantitative estimate of drug-likeness (QED) is 0.141. The number of nitrogens with zero attached hydrogens (tertiary/aromatic N) is 5. The normalized spacial score (nSPS) is 11.5. The van der Waals surface area contributed by atoms with Crippen molar-refractivity contribution in [2.24, 2.45) is 10.9 Å². The highest BCUT2D eigenvalue weighted by molar-refractivity contribution is 6.30. The predicted molar refractivity (Wildman–Crippen MR) is 114 cm³/mol. The van der Waals surface area contributed by atoms with Gasteiger partial charge in [0, 0.05) is 27.9 Å². The van der Waals surface area contributed by atoms with Crippen LogP contribution in [0, 0.1) is 0 Å². The zero-order valence-electron chi connectivity index (χ0n) is 15.9. The number of tetrazole rings is 1. The van der Waals surface area contributed by atoms with Gasteiger partial charge in [-0.3, -0.25) is 9.59 Å². The number of nitrogens with two attached hydrogens (primary N) is 1. The monoisotopic (exact) mass is 440 g/mol. The van der Waals surface area contributed by atoms with Crippen molar-refractivity contribution >= 4 is 41.0 Å². The maximum atomic E-state index is 12.1. The summed E-state index contributed by atoms with van der Waals surface area (Å²) in [5.74, 6) is -0.935. The molecule has 0 spiro atoms. The van der Waals surface area contributed by atoms with E-state index < -0.39 is 11.8 Å². The van der Waals surface area contributed by atoms with E-state index in [1.54, 1.807) is 48.5 Å². The van der Waals surface area contributed by atoms with Crippen molar-refractivity contribution in [1.29, 1.82) is 0 Å². The van der Waals surface area contributed by atoms with Crippen LogP contribution < -0.4 is 16.4 Å². The Bertz CT molecular complexity index is 1130. The highest BCUT2D eigenvalue weighted by atomic mass is 35.5. The molecule has 3 rings (SSSR count). The Balaban J connectivity index is 1.56. The van der Waals surface area contributed by atoms with E-state index in [9.17, 15) is 9.59 Å². The average Bonchev–Trinajstić information content (AvgIpc) is 3.31. The summed E-state index contributed by atoms with van der Waals surface area (Å²) in [4.78, 5) is 24.1. The average molecular weight is 441 g/mol. The van der Waals surface area contributed by atoms with Crippen molar-refractivity contribution in [3.63, 3.8) is 0 Å². The minimum Gasteiger partial charge on any atom is -0.409 e. The number of carbonyl (C=O) groups excluding carboxylic acids is 2. The molecule has 31 heavy (non-hydrogen) atoms. The van der Waals surface area contributed by atoms with Crippen LogP contribution in [0.2, 0.25) is 5.02 Å². The molecule has 3 aromatic rings. The highest BCUT2D eigenvalue weighted by Crippen LogP contribution is 2.20. The number of carbonyl (C=O) groups is 2. The van der Waals surface area contributed by atoms with Gasteiger partial charge in [-0.25, -0.2) is 0 Å². The van der Waals surface area contributed by atoms with Crippen LogP contribution in [-0.4, -0.2) is 49.6 Å². The van der Waals surface area contributed by atoms with Crippen molar-refractivity contribution < 1.29 is 14.8 Å². The number of amides is 2. The van der Waals surface area contributed by atoms with Crippen LogP contribution in [0.15, 0.2) is 60.0 Å². The first kappa shape index (κ1) is 21.5. The van der Waals surface area contributed by atoms with E-state index >= 15 is 0 Å². The van der Waals surface area contributed by atoms with Crippen LogP contribution in [0.5, 0.6) is 0 Å². The van der Waals surface area contributed by atoms with Crippen molar-refractivity contribution in [1.82, 2.24) is 25.5 Å². The summed E-state index contributed by atoms with van der Waals surface area (Å²) in [6.07, 6.45) is 4.24. The van der Waals surface area contributed by atoms with E-state index in [0.717, 1.165) is 0 Å². The Labute approximate surface area is 181 Å². The third kappa shape index (κ3) is 5.87. The van der Waals surface area contributed by atoms with Gasteiger partial charge in [0.15, 0.2) is 5.84 Å². The zero-order chi connectivity index (χ0) is 22.2. The molecule has 0 radical (unpaired) electrons. The first-order chi connectivity index (χ1) is 15.0. The number of amidine groups is 1. The smallest absolute Gasteiger partial charge is 0.244 e. The number of hydrogen-bond donors (Lipinski definition) is 4. The zero-order valence-corrected chi connectivity index (χ0v) is 16.7. The van der Waals surface area contributed by atoms with Crippen LogP contribution in [0.3, 0.4) is 0 Å². The van der Waals surface area contributed by atoms with Gasteiger partial charge in [-0.15, -0.1) is 5.10 Å². The highest BCUT2D eigenvalue weighted by Gasteiger charge is 2.07. The molecule has 158 valence electrons. The van der Waals surface area contributed by atoms with E-state index in [2.05, 4.69) is 31.3 Å². The van der Waals surface area contributed by atoms with Crippen LogP contribution >= 0.6 is 11.6 Å². The van der Waals surface area contributed by atoms with Crippen molar-refractivity contribution in [3.8, 4) is 5.69 Å². The predicted octanol–water partition coefficient (Wildman–Crippen LogP) is 1.18. The number of anilines is 1. The summed E-state index contributed by atoms with van der Waals surface area (Å²) in [6, 6.07) is 11.4. The fourth-order valence-electron chi connectivity index (χ4n) is 2.52. The Morgan fingerprint density at radius 2 is 2.00 bits per heavy atom. The van der Waals surface area contributed by atoms with Crippen molar-refractivity contribution in [2.45, 2.75) is 0 Å². The lowest BCUT2D eigenvalue weighted by Gasteiger charge is -2.07. The van der Waals surface area contributed by atoms with Gasteiger partial charge in [0.2, 0.25) is 11.8 Å². The summed E-state index contributed by atoms with van der Waals surface area (Å²) in [6.45, 7) is -0.236. The summed E-state index contributed by atoms with van der Waals surface area (Å²) < 4.78 is 1.44. The molecule has 0 saturated carbocycles. The van der Waals surface area contributed by atoms with Gasteiger partial charge in [-0.2, -0.15) is 4.68 Å². The summed E-state index contributed by atoms with van der Waals surface area (Å²) in [5, 5.41) is 28.1. The first-order valence-electron chi connectivity index (χ1n) is 8.83. The molecule has 11 nitrogen and oxygen atoms in total. The molecule has 12 heteroatoms. The lowest BCUT2D eigenvalue weighted by atomic mass is 10.1. The molecule has 0 fully saturated rings. The van der Waals surface area contributed by atoms with Crippen LogP contribution in [0.1, 0.15) is 11.1 Å². The largest absolute Gasteiger partial charge is 0.409 e. The minimum atomic E-state index is -0.472. The van der Waals surface area contributed by atoms with E-state index in [-0.39, 0.29) is 12.4 Å². The molecule has 0 saturated heterocycles. The van der Waals surface area contributed by atoms with Gasteiger partial charge >= 0.3 is 0 Å². The number of benzene rings is 2. The fraction of sp³-hybridized carbons (Fsp3) is 0.0526. The van der Waals surface area contributed by atoms with Crippen LogP contribution in [-0.2, 0) is 9.59 Å². The van der Waals surface area contributed by atoms with Gasteiger partial charge in [0.1, 0.15) is 6.33 Å². The topological polar surface area (TPSA) is 160 Å². The molecule has 0 unspecified atom stereocenters. The van der Waals surface area contributed by atoms with Crippen LogP contribution in [0.25, 0.3) is 11.8 Å². The molecule has 5 N–H and O–H groups in total. The van der Waals surface area contributed by atoms with Gasteiger partial charge < -0.3 is 21.6 Å². The second kappa shape index (κ2) is 9.98. The molecule has 0 bridgehead atoms. The number of halogens is 1. The van der Waals surface area contributed by atoms with E-state index in [1.807, 2.05) is 0 Å². The summed E-state index contributed by atoms with van der Waals surface area (Å²) in [5.41, 5.74) is 7.73. The maximum Gasteiger partial charge on any atom is 0.244 e. The van der Waals surface area contributed by atoms with Crippen molar-refractivity contribution in [2.75, 3.05) is 11.9 Å². The molecule has 2 amide bonds. The molecular formula is C19H17ClN8O3. The Morgan fingerprint density at radius 1 is 1.23 bits per heavy atom. The molecule has 2 aromatic carbocycles. The number of oxime groups is 1. The van der Waals surface area contributed by atoms with Gasteiger partial charge in [0.25, 0.3) is 0 Å². The first-order valence-corrected chi connectivity index (χ1v) is 9.20. The Hall–Kier alpha value is -4.25. The third-order valence-electron chi connectivity index (χ3n) is 4.00. The van der Waals surface area contributed by atoms with Crippen molar-refractivity contribution in [3.05, 3.63) is 71.0 Å². The number of nitrogens with one attached hydrogen (secondary N) is 2. The summed E-state index contributed by atoms with van der Waals surface area (Å²) >= 11 is 6.03. The molecule has 0 aliphatic carbocycles. The van der Waals surface area contributed by atoms with Gasteiger partial charge in [-0.05, 0) is 59.0 Å². The second-order valence-corrected chi connectivity index (χ2v) is 6.56. The number of aromatic nitrogens is 4. The van der Waals surface area contributed by atoms with Gasteiger partial charge in [0.05, 0.1) is 12.2 Å². The standard InChI is InChI=1S/C19H17ClN8O3/c20-14-4-7-16(28-11-23-26-27-28)13(9-14)3-8-17(29)22-10-18(30)24-15-5-1-12(2-6-15)19(21)25-31/h1-9,11,31H,10H2,(H2,21,25)(H,22,29)(H,24,30)/b8-3+. The number of rotatable bonds is 7. The Kier molecular flexibility index (Phi) is 6.91. The Morgan fingerprint density at radius 3 is 2.68 bits per heavy atom. The lowest BCUT2D eigenvalue weighted by molar-refractivity contribution is -0.121. The molecule has 1 heterocycles. The third-order valence-corrected chi connectivity index (χ3v) is 4.23. The van der Waals surface area contributed by atoms with E-state index in [0.29, 0.717) is 27.5 Å². The maximum absolute atomic E-state index is 12.1. The molecule has 0 aliphatic rings. The molecular weight excluding hydrogens is 424 g/mol. The second-order valence-electron chi connectivity index (χ2n) is 6.12. The summed E-state index contributed by atoms with van der Waals surface area (Å²) in [7, 11) is 0. The van der Waals surface area contributed by atoms with Crippen LogP contribution in [0.4, 0.5) is 5.69 Å². The molecule has 0 atom stereocenters. The molecule has 0 aliphatic heterocycles. The minimum absolute atomic E-state index is 0.0418. The number of hydrogen-bond acceptors (Lipinski definition) is 7. The van der Waals surface area contributed by atoms with Gasteiger partial charge in [-0.1, -0.05) is 16.8 Å². The van der Waals surface area contributed by atoms with E-state index in [1.165, 1.54) is 17.1 Å². The SMILES string of the molecule is NC(=NO)c1ccc(NC(=O)CNC(=O)/C=C/c2cc(Cl)ccc2-n2cnnn2)cc1. The molecule has 1 aromatic heterocycles.